The molecule has 0 aliphatic carbocycles. The number of amides is 1. The molecule has 1 amide bonds. The molecule has 130 valence electrons. The molecule has 2 aromatic carbocycles. The number of aromatic amines is 1. The largest absolute Gasteiger partial charge is 0.484 e. The van der Waals surface area contributed by atoms with Crippen molar-refractivity contribution in [1.82, 2.24) is 9.97 Å². The Morgan fingerprint density at radius 2 is 2.00 bits per heavy atom. The van der Waals surface area contributed by atoms with E-state index in [2.05, 4.69) is 16.0 Å². The lowest BCUT2D eigenvalue weighted by Crippen LogP contribution is -2.19. The van der Waals surface area contributed by atoms with Crippen molar-refractivity contribution >= 4 is 28.6 Å². The fraction of sp³-hybridized carbons (Fsp3) is 0.150. The lowest BCUT2D eigenvalue weighted by atomic mass is 10.1. The number of hydrogen-bond donors (Lipinski definition) is 2. The number of nitriles is 1. The average molecular weight is 346 g/mol. The quantitative estimate of drug-likeness (QED) is 0.692. The van der Waals surface area contributed by atoms with E-state index in [0.717, 1.165) is 27.7 Å². The Kier molecular flexibility index (Phi) is 4.72. The van der Waals surface area contributed by atoms with Gasteiger partial charge in [0, 0.05) is 0 Å². The SMILES string of the molecule is Cc1ccc2[nH]c(C(C#N)=Cc3ccc(OCC(N)=O)cc3)nc2c1C. The highest BCUT2D eigenvalue weighted by Gasteiger charge is 2.10. The van der Waals surface area contributed by atoms with Gasteiger partial charge in [0.1, 0.15) is 17.6 Å². The number of nitrogens with two attached hydrogens (primary N) is 1. The van der Waals surface area contributed by atoms with Crippen molar-refractivity contribution in [3.05, 3.63) is 58.9 Å². The van der Waals surface area contributed by atoms with Crippen molar-refractivity contribution in [2.24, 2.45) is 5.73 Å². The van der Waals surface area contributed by atoms with Gasteiger partial charge in [-0.3, -0.25) is 4.79 Å². The third-order valence-electron chi connectivity index (χ3n) is 4.13. The maximum atomic E-state index is 10.7. The Morgan fingerprint density at radius 3 is 2.65 bits per heavy atom. The van der Waals surface area contributed by atoms with Crippen LogP contribution in [0.2, 0.25) is 0 Å². The van der Waals surface area contributed by atoms with Crippen LogP contribution in [-0.4, -0.2) is 22.5 Å². The molecule has 3 rings (SSSR count). The molecule has 0 atom stereocenters. The minimum atomic E-state index is -0.531. The van der Waals surface area contributed by atoms with Crippen LogP contribution in [0, 0.1) is 25.2 Å². The second kappa shape index (κ2) is 7.11. The molecule has 0 unspecified atom stereocenters. The zero-order valence-corrected chi connectivity index (χ0v) is 14.5. The summed E-state index contributed by atoms with van der Waals surface area (Å²) in [5.74, 6) is 0.538. The number of ether oxygens (including phenoxy) is 1. The van der Waals surface area contributed by atoms with E-state index < -0.39 is 5.91 Å². The van der Waals surface area contributed by atoms with Crippen LogP contribution in [-0.2, 0) is 4.79 Å². The topological polar surface area (TPSA) is 105 Å². The number of fused-ring (bicyclic) bond motifs is 1. The van der Waals surface area contributed by atoms with Crippen molar-refractivity contribution in [3.63, 3.8) is 0 Å². The molecule has 1 heterocycles. The van der Waals surface area contributed by atoms with Gasteiger partial charge >= 0.3 is 0 Å². The predicted molar refractivity (Wildman–Crippen MR) is 100 cm³/mol. The standard InChI is InChI=1S/C20H18N4O2/c1-12-3-8-17-19(13(12)2)24-20(23-17)15(10-21)9-14-4-6-16(7-5-14)26-11-18(22)25/h3-9H,11H2,1-2H3,(H2,22,25)(H,23,24). The summed E-state index contributed by atoms with van der Waals surface area (Å²) in [7, 11) is 0. The lowest BCUT2D eigenvalue weighted by Gasteiger charge is -2.03. The summed E-state index contributed by atoms with van der Waals surface area (Å²) in [6, 6.07) is 13.2. The first kappa shape index (κ1) is 17.2. The molecule has 0 aliphatic rings. The number of aryl methyl sites for hydroxylation is 2. The van der Waals surface area contributed by atoms with Gasteiger partial charge in [-0.15, -0.1) is 0 Å². The highest BCUT2D eigenvalue weighted by Crippen LogP contribution is 2.24. The van der Waals surface area contributed by atoms with E-state index in [0.29, 0.717) is 17.1 Å². The maximum absolute atomic E-state index is 10.7. The Hall–Kier alpha value is -3.59. The summed E-state index contributed by atoms with van der Waals surface area (Å²) in [6.45, 7) is 3.88. The van der Waals surface area contributed by atoms with Crippen LogP contribution in [0.4, 0.5) is 0 Å². The molecular weight excluding hydrogens is 328 g/mol. The van der Waals surface area contributed by atoms with Crippen molar-refractivity contribution in [2.75, 3.05) is 6.61 Å². The Morgan fingerprint density at radius 1 is 1.27 bits per heavy atom. The fourth-order valence-corrected chi connectivity index (χ4v) is 2.58. The number of primary amides is 1. The predicted octanol–water partition coefficient (Wildman–Crippen LogP) is 3.11. The van der Waals surface area contributed by atoms with Crippen molar-refractivity contribution in [1.29, 1.82) is 5.26 Å². The highest BCUT2D eigenvalue weighted by molar-refractivity contribution is 5.91. The molecule has 1 aromatic heterocycles. The number of H-pyrrole nitrogens is 1. The summed E-state index contributed by atoms with van der Waals surface area (Å²) in [5.41, 5.74) is 10.3. The summed E-state index contributed by atoms with van der Waals surface area (Å²) in [6.07, 6.45) is 1.75. The van der Waals surface area contributed by atoms with E-state index in [-0.39, 0.29) is 6.61 Å². The van der Waals surface area contributed by atoms with Gasteiger partial charge in [0.05, 0.1) is 16.6 Å². The van der Waals surface area contributed by atoms with Crippen LogP contribution >= 0.6 is 0 Å². The van der Waals surface area contributed by atoms with Gasteiger partial charge in [-0.2, -0.15) is 5.26 Å². The fourth-order valence-electron chi connectivity index (χ4n) is 2.58. The van der Waals surface area contributed by atoms with Crippen LogP contribution in [0.1, 0.15) is 22.5 Å². The molecule has 3 N–H and O–H groups in total. The summed E-state index contributed by atoms with van der Waals surface area (Å²) >= 11 is 0. The average Bonchev–Trinajstić information content (AvgIpc) is 3.07. The molecule has 0 fully saturated rings. The molecule has 0 saturated carbocycles. The number of nitrogens with one attached hydrogen (secondary N) is 1. The highest BCUT2D eigenvalue weighted by atomic mass is 16.5. The normalized spacial score (nSPS) is 11.3. The smallest absolute Gasteiger partial charge is 0.255 e. The minimum absolute atomic E-state index is 0.170. The third kappa shape index (κ3) is 3.57. The zero-order chi connectivity index (χ0) is 18.7. The number of benzene rings is 2. The van der Waals surface area contributed by atoms with E-state index in [4.69, 9.17) is 10.5 Å². The molecule has 3 aromatic rings. The lowest BCUT2D eigenvalue weighted by molar-refractivity contribution is -0.119. The monoisotopic (exact) mass is 346 g/mol. The number of allylic oxidation sites excluding steroid dienone is 1. The molecule has 26 heavy (non-hydrogen) atoms. The van der Waals surface area contributed by atoms with E-state index in [1.54, 1.807) is 30.3 Å². The summed E-state index contributed by atoms with van der Waals surface area (Å²) in [4.78, 5) is 18.5. The zero-order valence-electron chi connectivity index (χ0n) is 14.5. The number of imidazole rings is 1. The Balaban J connectivity index is 1.90. The van der Waals surface area contributed by atoms with Crippen molar-refractivity contribution < 1.29 is 9.53 Å². The van der Waals surface area contributed by atoms with Gasteiger partial charge in [-0.1, -0.05) is 18.2 Å². The number of carbonyl (C=O) groups is 1. The Bertz CT molecular complexity index is 1040. The minimum Gasteiger partial charge on any atom is -0.484 e. The van der Waals surface area contributed by atoms with Gasteiger partial charge in [-0.25, -0.2) is 4.98 Å². The number of hydrogen-bond acceptors (Lipinski definition) is 4. The molecule has 0 radical (unpaired) electrons. The van der Waals surface area contributed by atoms with Gasteiger partial charge in [0.25, 0.3) is 5.91 Å². The van der Waals surface area contributed by atoms with Crippen LogP contribution in [0.5, 0.6) is 5.75 Å². The van der Waals surface area contributed by atoms with E-state index >= 15 is 0 Å². The molecule has 0 aliphatic heterocycles. The van der Waals surface area contributed by atoms with E-state index in [9.17, 15) is 10.1 Å². The molecule has 6 nitrogen and oxygen atoms in total. The first-order chi connectivity index (χ1) is 12.5. The summed E-state index contributed by atoms with van der Waals surface area (Å²) < 4.78 is 5.22. The summed E-state index contributed by atoms with van der Waals surface area (Å²) in [5, 5.41) is 9.54. The molecule has 0 bridgehead atoms. The first-order valence-corrected chi connectivity index (χ1v) is 8.07. The van der Waals surface area contributed by atoms with Gasteiger partial charge in [0.15, 0.2) is 6.61 Å². The second-order valence-electron chi connectivity index (χ2n) is 5.98. The van der Waals surface area contributed by atoms with Crippen molar-refractivity contribution in [2.45, 2.75) is 13.8 Å². The van der Waals surface area contributed by atoms with Crippen LogP contribution in [0.25, 0.3) is 22.7 Å². The number of carbonyl (C=O) groups excluding carboxylic acids is 1. The van der Waals surface area contributed by atoms with Gasteiger partial charge in [-0.05, 0) is 54.8 Å². The second-order valence-corrected chi connectivity index (χ2v) is 5.98. The maximum Gasteiger partial charge on any atom is 0.255 e. The van der Waals surface area contributed by atoms with E-state index in [1.807, 2.05) is 26.0 Å². The molecule has 6 heteroatoms. The molecule has 0 spiro atoms. The molecule has 0 saturated heterocycles. The van der Waals surface area contributed by atoms with Crippen LogP contribution in [0.15, 0.2) is 36.4 Å². The third-order valence-corrected chi connectivity index (χ3v) is 4.13. The Labute approximate surface area is 150 Å². The number of nitrogens with zero attached hydrogens (tertiary/aromatic N) is 2. The van der Waals surface area contributed by atoms with Gasteiger partial charge in [0.2, 0.25) is 0 Å². The first-order valence-electron chi connectivity index (χ1n) is 8.07. The van der Waals surface area contributed by atoms with Gasteiger partial charge < -0.3 is 15.5 Å². The number of aromatic nitrogens is 2. The van der Waals surface area contributed by atoms with Crippen LogP contribution < -0.4 is 10.5 Å². The van der Waals surface area contributed by atoms with Crippen LogP contribution in [0.3, 0.4) is 0 Å². The number of rotatable bonds is 5. The van der Waals surface area contributed by atoms with Crippen molar-refractivity contribution in [3.8, 4) is 11.8 Å². The van der Waals surface area contributed by atoms with E-state index in [1.165, 1.54) is 0 Å². The molecular formula is C20H18N4O2.